The van der Waals surface area contributed by atoms with Gasteiger partial charge in [-0.1, -0.05) is 48.6 Å². The zero-order chi connectivity index (χ0) is 14.7. The third kappa shape index (κ3) is 3.00. The van der Waals surface area contributed by atoms with Gasteiger partial charge in [-0.2, -0.15) is 0 Å². The monoisotopic (exact) mass is 323 g/mol. The molecule has 0 radical (unpaired) electrons. The largest absolute Gasteiger partial charge is 0.379 e. The lowest BCUT2D eigenvalue weighted by molar-refractivity contribution is -0.119. The van der Waals surface area contributed by atoms with Crippen LogP contribution in [0, 0.1) is 0 Å². The van der Waals surface area contributed by atoms with Crippen molar-refractivity contribution in [3.05, 3.63) is 30.3 Å². The van der Waals surface area contributed by atoms with E-state index in [2.05, 4.69) is 16.8 Å². The highest BCUT2D eigenvalue weighted by molar-refractivity contribution is 8.17. The van der Waals surface area contributed by atoms with Gasteiger partial charge in [0.1, 0.15) is 5.78 Å². The molecule has 1 heterocycles. The van der Waals surface area contributed by atoms with E-state index in [1.807, 2.05) is 18.2 Å². The molecule has 2 unspecified atom stereocenters. The maximum absolute atomic E-state index is 12.6. The van der Waals surface area contributed by atoms with Crippen LogP contribution in [0.4, 0.5) is 0 Å². The fourth-order valence-electron chi connectivity index (χ4n) is 3.37. The predicted octanol–water partition coefficient (Wildman–Crippen LogP) is 2.55. The molecule has 1 aromatic rings. The predicted molar refractivity (Wildman–Crippen MR) is 90.0 cm³/mol. The normalized spacial score (nSPS) is 27.2. The van der Waals surface area contributed by atoms with Crippen molar-refractivity contribution in [3.8, 4) is 0 Å². The first kappa shape index (κ1) is 15.4. The molecule has 2 aliphatic rings. The smallest absolute Gasteiger partial charge is 0.142 e. The Kier molecular flexibility index (Phi) is 4.90. The van der Waals surface area contributed by atoms with Gasteiger partial charge in [0, 0.05) is 19.5 Å². The highest BCUT2D eigenvalue weighted by Gasteiger charge is 2.41. The number of hydrogen-bond donors (Lipinski definition) is 0. The molecule has 21 heavy (non-hydrogen) atoms. The Balaban J connectivity index is 2.01. The van der Waals surface area contributed by atoms with E-state index >= 15 is 0 Å². The summed E-state index contributed by atoms with van der Waals surface area (Å²) in [6.07, 6.45) is 1.79. The third-order valence-electron chi connectivity index (χ3n) is 4.48. The standard InChI is InChI=1S/C16H22NO2PS/c18-15-8-4-5-9-16(15)20(21,14-6-2-1-3-7-14)17-10-12-19-13-11-17/h1-3,6-7,16H,4-5,8-13H2. The van der Waals surface area contributed by atoms with E-state index < -0.39 is 6.19 Å². The van der Waals surface area contributed by atoms with Gasteiger partial charge in [-0.15, -0.1) is 0 Å². The molecule has 1 aliphatic carbocycles. The van der Waals surface area contributed by atoms with Crippen LogP contribution in [0.3, 0.4) is 0 Å². The molecule has 5 heteroatoms. The zero-order valence-electron chi connectivity index (χ0n) is 12.2. The minimum absolute atomic E-state index is 0.0433. The van der Waals surface area contributed by atoms with Gasteiger partial charge in [0.15, 0.2) is 0 Å². The molecule has 0 aromatic heterocycles. The summed E-state index contributed by atoms with van der Waals surface area (Å²) >= 11 is 6.25. The van der Waals surface area contributed by atoms with Crippen molar-refractivity contribution in [1.82, 2.24) is 4.67 Å². The molecule has 0 amide bonds. The van der Waals surface area contributed by atoms with E-state index in [9.17, 15) is 4.79 Å². The van der Waals surface area contributed by atoms with Crippen molar-refractivity contribution in [1.29, 1.82) is 0 Å². The molecule has 114 valence electrons. The molecule has 1 saturated carbocycles. The van der Waals surface area contributed by atoms with Crippen LogP contribution in [0.5, 0.6) is 0 Å². The first-order chi connectivity index (χ1) is 10.2. The van der Waals surface area contributed by atoms with Crippen molar-refractivity contribution < 1.29 is 9.53 Å². The average Bonchev–Trinajstić information content (AvgIpc) is 2.56. The van der Waals surface area contributed by atoms with E-state index in [-0.39, 0.29) is 5.66 Å². The lowest BCUT2D eigenvalue weighted by atomic mass is 9.99. The molecule has 0 spiro atoms. The summed E-state index contributed by atoms with van der Waals surface area (Å²) in [5, 5.41) is 1.20. The van der Waals surface area contributed by atoms with Crippen molar-refractivity contribution >= 4 is 29.1 Å². The molecule has 0 N–H and O–H groups in total. The Morgan fingerprint density at radius 1 is 1.14 bits per heavy atom. The van der Waals surface area contributed by atoms with Gasteiger partial charge < -0.3 is 4.74 Å². The number of morpholine rings is 1. The van der Waals surface area contributed by atoms with Crippen molar-refractivity contribution in [3.63, 3.8) is 0 Å². The first-order valence-electron chi connectivity index (χ1n) is 7.74. The Morgan fingerprint density at radius 2 is 1.86 bits per heavy atom. The molecule has 0 bridgehead atoms. The average molecular weight is 323 g/mol. The van der Waals surface area contributed by atoms with Gasteiger partial charge >= 0.3 is 0 Å². The van der Waals surface area contributed by atoms with Gasteiger partial charge in [-0.3, -0.25) is 9.46 Å². The summed E-state index contributed by atoms with van der Waals surface area (Å²) in [4.78, 5) is 12.6. The number of carbonyl (C=O) groups is 1. The molecular formula is C16H22NO2PS. The van der Waals surface area contributed by atoms with Crippen molar-refractivity contribution in [2.75, 3.05) is 26.3 Å². The van der Waals surface area contributed by atoms with Gasteiger partial charge in [0.25, 0.3) is 0 Å². The summed E-state index contributed by atoms with van der Waals surface area (Å²) in [6.45, 7) is 3.17. The SMILES string of the molecule is O=C1CCCCC1P(=S)(c1ccccc1)N1CCOCC1. The van der Waals surface area contributed by atoms with E-state index in [4.69, 9.17) is 16.5 Å². The van der Waals surface area contributed by atoms with Crippen LogP contribution in [0.15, 0.2) is 30.3 Å². The molecule has 3 rings (SSSR count). The second kappa shape index (κ2) is 6.70. The quantitative estimate of drug-likeness (QED) is 0.800. The molecule has 3 nitrogen and oxygen atoms in total. The second-order valence-electron chi connectivity index (χ2n) is 5.75. The minimum atomic E-state index is -2.04. The second-order valence-corrected chi connectivity index (χ2v) is 10.4. The number of hydrogen-bond acceptors (Lipinski definition) is 3. The molecular weight excluding hydrogens is 301 g/mol. The molecule has 1 aromatic carbocycles. The number of nitrogens with zero attached hydrogens (tertiary/aromatic N) is 1. The maximum atomic E-state index is 12.6. The maximum Gasteiger partial charge on any atom is 0.142 e. The van der Waals surface area contributed by atoms with Crippen LogP contribution in [-0.4, -0.2) is 42.4 Å². The first-order valence-corrected chi connectivity index (χ1v) is 10.6. The zero-order valence-corrected chi connectivity index (χ0v) is 14.0. The molecule has 2 fully saturated rings. The number of ether oxygens (including phenoxy) is 1. The topological polar surface area (TPSA) is 29.5 Å². The Bertz CT molecular complexity index is 542. The summed E-state index contributed by atoms with van der Waals surface area (Å²) < 4.78 is 7.89. The van der Waals surface area contributed by atoms with E-state index in [0.717, 1.165) is 45.6 Å². The van der Waals surface area contributed by atoms with E-state index in [1.165, 1.54) is 5.30 Å². The molecule has 1 saturated heterocycles. The van der Waals surface area contributed by atoms with Gasteiger partial charge in [0.05, 0.1) is 25.1 Å². The minimum Gasteiger partial charge on any atom is -0.379 e. The Morgan fingerprint density at radius 3 is 2.52 bits per heavy atom. The van der Waals surface area contributed by atoms with Gasteiger partial charge in [0.2, 0.25) is 0 Å². The number of carbonyl (C=O) groups excluding carboxylic acids is 1. The van der Waals surface area contributed by atoms with Crippen LogP contribution in [-0.2, 0) is 21.3 Å². The van der Waals surface area contributed by atoms with Crippen molar-refractivity contribution in [2.45, 2.75) is 31.3 Å². The van der Waals surface area contributed by atoms with Gasteiger partial charge in [-0.25, -0.2) is 0 Å². The molecule has 1 aliphatic heterocycles. The van der Waals surface area contributed by atoms with Crippen LogP contribution in [0.25, 0.3) is 0 Å². The highest BCUT2D eigenvalue weighted by Crippen LogP contribution is 2.56. The third-order valence-corrected chi connectivity index (χ3v) is 10.2. The van der Waals surface area contributed by atoms with Crippen LogP contribution in [0.1, 0.15) is 25.7 Å². The Hall–Kier alpha value is -0.540. The lowest BCUT2D eigenvalue weighted by Gasteiger charge is -2.43. The van der Waals surface area contributed by atoms with E-state index in [1.54, 1.807) is 0 Å². The van der Waals surface area contributed by atoms with Crippen LogP contribution >= 0.6 is 6.19 Å². The van der Waals surface area contributed by atoms with Crippen LogP contribution in [0.2, 0.25) is 0 Å². The number of benzene rings is 1. The summed E-state index contributed by atoms with van der Waals surface area (Å²) in [7, 11) is 0. The number of Topliss-reactive ketones (excluding diaryl/α,β-unsaturated/α-hetero) is 1. The number of rotatable bonds is 3. The fraction of sp³-hybridized carbons (Fsp3) is 0.562. The van der Waals surface area contributed by atoms with Crippen LogP contribution < -0.4 is 5.30 Å². The number of ketones is 1. The summed E-state index contributed by atoms with van der Waals surface area (Å²) in [5.74, 6) is 0.389. The highest BCUT2D eigenvalue weighted by atomic mass is 32.4. The summed E-state index contributed by atoms with van der Waals surface area (Å²) in [5.41, 5.74) is 0.0433. The van der Waals surface area contributed by atoms with Gasteiger partial charge in [-0.05, 0) is 18.1 Å². The van der Waals surface area contributed by atoms with E-state index in [0.29, 0.717) is 12.2 Å². The lowest BCUT2D eigenvalue weighted by Crippen LogP contribution is -2.42. The summed E-state index contributed by atoms with van der Waals surface area (Å²) in [6, 6.07) is 10.4. The fourth-order valence-corrected chi connectivity index (χ4v) is 8.38. The van der Waals surface area contributed by atoms with Crippen molar-refractivity contribution in [2.24, 2.45) is 0 Å². The molecule has 2 atom stereocenters. The Labute approximate surface area is 131 Å².